The molecule has 0 bridgehead atoms. The maximum atomic E-state index is 13.3. The predicted molar refractivity (Wildman–Crippen MR) is 118 cm³/mol. The van der Waals surface area contributed by atoms with E-state index in [1.165, 1.54) is 0 Å². The normalized spacial score (nSPS) is 22.2. The fraction of sp³-hybridized carbons (Fsp3) is 0.300. The first-order valence-electron chi connectivity index (χ1n) is 8.87. The van der Waals surface area contributed by atoms with Crippen molar-refractivity contribution < 1.29 is 9.59 Å². The molecule has 2 amide bonds. The molecule has 0 aliphatic carbocycles. The lowest BCUT2D eigenvalue weighted by atomic mass is 10.1. The van der Waals surface area contributed by atoms with Crippen LogP contribution in [0.1, 0.15) is 17.4 Å². The highest BCUT2D eigenvalue weighted by molar-refractivity contribution is 9.10. The Morgan fingerprint density at radius 3 is 2.75 bits per heavy atom. The van der Waals surface area contributed by atoms with Crippen LogP contribution in [0.3, 0.4) is 0 Å². The van der Waals surface area contributed by atoms with Gasteiger partial charge < -0.3 is 9.80 Å². The van der Waals surface area contributed by atoms with Crippen LogP contribution in [0.25, 0.3) is 0 Å². The Morgan fingerprint density at radius 2 is 2.00 bits per heavy atom. The molecule has 0 radical (unpaired) electrons. The molecule has 2 unspecified atom stereocenters. The minimum Gasteiger partial charge on any atom is -0.325 e. The SMILES string of the molecule is O=C1CC(C(=O)N2CCSC2c2ccc(Cl)cc2Cl)CN1c1cccc(Br)c1. The lowest BCUT2D eigenvalue weighted by Crippen LogP contribution is -2.37. The standard InChI is InChI=1S/C20H17BrCl2N2O2S/c21-13-2-1-3-15(9-13)25-11-12(8-18(25)26)19(27)24-6-7-28-20(24)16-5-4-14(22)10-17(16)23/h1-5,9-10,12,20H,6-8,11H2. The predicted octanol–water partition coefficient (Wildman–Crippen LogP) is 5.38. The van der Waals surface area contributed by atoms with Gasteiger partial charge in [-0.25, -0.2) is 0 Å². The van der Waals surface area contributed by atoms with Gasteiger partial charge in [0.25, 0.3) is 0 Å². The van der Waals surface area contributed by atoms with Crippen LogP contribution < -0.4 is 4.90 Å². The number of thioether (sulfide) groups is 1. The van der Waals surface area contributed by atoms with Gasteiger partial charge in [0, 0.05) is 51.0 Å². The third-order valence-electron chi connectivity index (χ3n) is 5.00. The summed E-state index contributed by atoms with van der Waals surface area (Å²) in [6.45, 7) is 1.05. The maximum absolute atomic E-state index is 13.3. The number of hydrogen-bond donors (Lipinski definition) is 0. The number of amides is 2. The van der Waals surface area contributed by atoms with Gasteiger partial charge in [-0.15, -0.1) is 11.8 Å². The number of carbonyl (C=O) groups is 2. The highest BCUT2D eigenvalue weighted by Crippen LogP contribution is 2.43. The molecule has 2 saturated heterocycles. The van der Waals surface area contributed by atoms with Crippen molar-refractivity contribution in [3.05, 3.63) is 62.5 Å². The molecule has 2 atom stereocenters. The van der Waals surface area contributed by atoms with Gasteiger partial charge in [-0.2, -0.15) is 0 Å². The Balaban J connectivity index is 1.53. The number of hydrogen-bond acceptors (Lipinski definition) is 3. The van der Waals surface area contributed by atoms with Crippen LogP contribution in [0.4, 0.5) is 5.69 Å². The molecule has 2 aromatic rings. The molecule has 0 saturated carbocycles. The largest absolute Gasteiger partial charge is 0.325 e. The molecule has 4 nitrogen and oxygen atoms in total. The highest BCUT2D eigenvalue weighted by Gasteiger charge is 2.41. The average molecular weight is 500 g/mol. The zero-order valence-corrected chi connectivity index (χ0v) is 18.7. The summed E-state index contributed by atoms with van der Waals surface area (Å²) >= 11 is 17.5. The van der Waals surface area contributed by atoms with Crippen LogP contribution in [0.5, 0.6) is 0 Å². The zero-order valence-electron chi connectivity index (χ0n) is 14.8. The van der Waals surface area contributed by atoms with Crippen molar-refractivity contribution in [1.82, 2.24) is 4.90 Å². The van der Waals surface area contributed by atoms with Crippen molar-refractivity contribution in [3.63, 3.8) is 0 Å². The maximum Gasteiger partial charge on any atom is 0.229 e. The van der Waals surface area contributed by atoms with E-state index in [2.05, 4.69) is 15.9 Å². The lowest BCUT2D eigenvalue weighted by molar-refractivity contribution is -0.136. The number of halogens is 3. The molecule has 28 heavy (non-hydrogen) atoms. The molecule has 2 aliphatic heterocycles. The van der Waals surface area contributed by atoms with E-state index >= 15 is 0 Å². The summed E-state index contributed by atoms with van der Waals surface area (Å²) in [5.41, 5.74) is 1.69. The Morgan fingerprint density at radius 1 is 1.18 bits per heavy atom. The molecule has 0 spiro atoms. The molecule has 0 N–H and O–H groups in total. The number of benzene rings is 2. The molecule has 2 aromatic carbocycles. The first-order chi connectivity index (χ1) is 13.4. The molecule has 146 valence electrons. The number of anilines is 1. The Bertz CT molecular complexity index is 942. The van der Waals surface area contributed by atoms with Crippen LogP contribution in [0.15, 0.2) is 46.9 Å². The minimum absolute atomic E-state index is 0.00636. The first kappa shape index (κ1) is 20.1. The summed E-state index contributed by atoms with van der Waals surface area (Å²) in [4.78, 5) is 29.4. The van der Waals surface area contributed by atoms with E-state index < -0.39 is 0 Å². The van der Waals surface area contributed by atoms with Crippen LogP contribution >= 0.6 is 50.9 Å². The average Bonchev–Trinajstić information content (AvgIpc) is 3.28. The summed E-state index contributed by atoms with van der Waals surface area (Å²) in [5, 5.41) is 0.982. The van der Waals surface area contributed by atoms with Gasteiger partial charge >= 0.3 is 0 Å². The summed E-state index contributed by atoms with van der Waals surface area (Å²) in [6, 6.07) is 12.9. The molecule has 2 aliphatic rings. The van der Waals surface area contributed by atoms with Gasteiger partial charge in [0.15, 0.2) is 0 Å². The fourth-order valence-electron chi connectivity index (χ4n) is 3.66. The summed E-state index contributed by atoms with van der Waals surface area (Å²) in [6.07, 6.45) is 0.230. The van der Waals surface area contributed by atoms with E-state index in [9.17, 15) is 9.59 Å². The topological polar surface area (TPSA) is 40.6 Å². The van der Waals surface area contributed by atoms with Crippen molar-refractivity contribution in [2.24, 2.45) is 5.92 Å². The lowest BCUT2D eigenvalue weighted by Gasteiger charge is -2.27. The third kappa shape index (κ3) is 3.92. The molecule has 2 fully saturated rings. The summed E-state index contributed by atoms with van der Waals surface area (Å²) in [5.74, 6) is 0.473. The van der Waals surface area contributed by atoms with Gasteiger partial charge in [0.05, 0.1) is 5.92 Å². The Hall–Kier alpha value is -1.21. The highest BCUT2D eigenvalue weighted by atomic mass is 79.9. The van der Waals surface area contributed by atoms with Crippen LogP contribution in [-0.2, 0) is 9.59 Å². The van der Waals surface area contributed by atoms with Crippen molar-refractivity contribution in [2.75, 3.05) is 23.7 Å². The van der Waals surface area contributed by atoms with Crippen LogP contribution in [0.2, 0.25) is 10.0 Å². The van der Waals surface area contributed by atoms with Gasteiger partial charge in [-0.1, -0.05) is 51.3 Å². The van der Waals surface area contributed by atoms with Gasteiger partial charge in [-0.3, -0.25) is 9.59 Å². The Labute approximate surface area is 186 Å². The van der Waals surface area contributed by atoms with E-state index in [0.29, 0.717) is 23.1 Å². The monoisotopic (exact) mass is 498 g/mol. The number of carbonyl (C=O) groups excluding carboxylic acids is 2. The van der Waals surface area contributed by atoms with Crippen molar-refractivity contribution >= 4 is 68.4 Å². The van der Waals surface area contributed by atoms with Crippen molar-refractivity contribution in [3.8, 4) is 0 Å². The summed E-state index contributed by atoms with van der Waals surface area (Å²) < 4.78 is 0.904. The van der Waals surface area contributed by atoms with Gasteiger partial charge in [-0.05, 0) is 30.3 Å². The molecule has 8 heteroatoms. The van der Waals surface area contributed by atoms with E-state index in [1.54, 1.807) is 28.8 Å². The van der Waals surface area contributed by atoms with Crippen LogP contribution in [0, 0.1) is 5.92 Å². The number of nitrogens with zero attached hydrogens (tertiary/aromatic N) is 2. The van der Waals surface area contributed by atoms with Crippen LogP contribution in [-0.4, -0.2) is 35.6 Å². The number of rotatable bonds is 3. The smallest absolute Gasteiger partial charge is 0.229 e. The molecule has 0 aromatic heterocycles. The van der Waals surface area contributed by atoms with Gasteiger partial charge in [0.2, 0.25) is 11.8 Å². The first-order valence-corrected chi connectivity index (χ1v) is 11.5. The van der Waals surface area contributed by atoms with Crippen molar-refractivity contribution in [1.29, 1.82) is 0 Å². The fourth-order valence-corrected chi connectivity index (χ4v) is 5.92. The van der Waals surface area contributed by atoms with E-state index in [-0.39, 0.29) is 29.5 Å². The second kappa shape index (κ2) is 8.27. The quantitative estimate of drug-likeness (QED) is 0.569. The van der Waals surface area contributed by atoms with E-state index in [0.717, 1.165) is 21.5 Å². The van der Waals surface area contributed by atoms with E-state index in [4.69, 9.17) is 23.2 Å². The molecule has 2 heterocycles. The minimum atomic E-state index is -0.348. The van der Waals surface area contributed by atoms with E-state index in [1.807, 2.05) is 35.2 Å². The second-order valence-electron chi connectivity index (χ2n) is 6.81. The molecule has 4 rings (SSSR count). The zero-order chi connectivity index (χ0) is 19.8. The summed E-state index contributed by atoms with van der Waals surface area (Å²) in [7, 11) is 0. The second-order valence-corrected chi connectivity index (χ2v) is 9.75. The molecular formula is C20H17BrCl2N2O2S. The van der Waals surface area contributed by atoms with Crippen molar-refractivity contribution in [2.45, 2.75) is 11.8 Å². The third-order valence-corrected chi connectivity index (χ3v) is 7.29. The van der Waals surface area contributed by atoms with Gasteiger partial charge in [0.1, 0.15) is 5.37 Å². The molecular weight excluding hydrogens is 483 g/mol. The Kier molecular flexibility index (Phi) is 5.93.